The van der Waals surface area contributed by atoms with Gasteiger partial charge in [0.25, 0.3) is 0 Å². The first kappa shape index (κ1) is 29.9. The molecule has 0 aliphatic carbocycles. The van der Waals surface area contributed by atoms with Crippen molar-refractivity contribution >= 4 is 11.8 Å². The third-order valence-electron chi connectivity index (χ3n) is 5.89. The predicted molar refractivity (Wildman–Crippen MR) is 140 cm³/mol. The zero-order valence-corrected chi connectivity index (χ0v) is 21.2. The molecular formula is C27H48N4O3. The molecule has 0 fully saturated rings. The second-order valence-corrected chi connectivity index (χ2v) is 9.11. The number of aromatic hydroxyl groups is 1. The highest BCUT2D eigenvalue weighted by molar-refractivity contribution is 5.87. The number of amides is 2. The minimum absolute atomic E-state index is 0.109. The maximum atomic E-state index is 12.7. The number of benzene rings is 1. The van der Waals surface area contributed by atoms with Crippen LogP contribution in [0.25, 0.3) is 0 Å². The molecule has 0 saturated heterocycles. The minimum atomic E-state index is -0.600. The topological polar surface area (TPSA) is 116 Å². The lowest BCUT2D eigenvalue weighted by Crippen LogP contribution is -2.48. The van der Waals surface area contributed by atoms with Crippen molar-refractivity contribution < 1.29 is 14.7 Å². The Balaban J connectivity index is 2.14. The van der Waals surface area contributed by atoms with Gasteiger partial charge < -0.3 is 26.8 Å². The molecule has 0 aliphatic rings. The lowest BCUT2D eigenvalue weighted by molar-refractivity contribution is -0.129. The number of unbranched alkanes of at least 4 members (excludes halogenated alkanes) is 8. The van der Waals surface area contributed by atoms with Crippen LogP contribution in [0.1, 0.15) is 89.5 Å². The third-order valence-corrected chi connectivity index (χ3v) is 5.89. The molecule has 34 heavy (non-hydrogen) atoms. The number of nitrogens with one attached hydrogen (secondary N) is 3. The van der Waals surface area contributed by atoms with Crippen molar-refractivity contribution in [3.8, 4) is 5.75 Å². The summed E-state index contributed by atoms with van der Waals surface area (Å²) in [6.45, 7) is 5.58. The Bertz CT molecular complexity index is 652. The van der Waals surface area contributed by atoms with Crippen molar-refractivity contribution in [3.05, 3.63) is 29.8 Å². The van der Waals surface area contributed by atoms with Gasteiger partial charge in [0.05, 0.1) is 0 Å². The van der Waals surface area contributed by atoms with Crippen LogP contribution in [0.3, 0.4) is 0 Å². The van der Waals surface area contributed by atoms with Gasteiger partial charge in [-0.05, 0) is 69.4 Å². The van der Waals surface area contributed by atoms with E-state index in [2.05, 4.69) is 16.0 Å². The normalized spacial score (nSPS) is 11.8. The average molecular weight is 477 g/mol. The summed E-state index contributed by atoms with van der Waals surface area (Å²) < 4.78 is 0. The predicted octanol–water partition coefficient (Wildman–Crippen LogP) is 3.79. The van der Waals surface area contributed by atoms with Gasteiger partial charge in [0.15, 0.2) is 0 Å². The maximum absolute atomic E-state index is 12.7. The molecule has 0 radical (unpaired) electrons. The highest BCUT2D eigenvalue weighted by atomic mass is 16.3. The fraction of sp³-hybridized carbons (Fsp3) is 0.704. The summed E-state index contributed by atoms with van der Waals surface area (Å²) in [7, 11) is 0. The van der Waals surface area contributed by atoms with Crippen LogP contribution in [-0.4, -0.2) is 49.1 Å². The van der Waals surface area contributed by atoms with Crippen molar-refractivity contribution in [2.24, 2.45) is 5.73 Å². The molecule has 1 atom stereocenters. The quantitative estimate of drug-likeness (QED) is 0.173. The molecule has 6 N–H and O–H groups in total. The fourth-order valence-electron chi connectivity index (χ4n) is 3.86. The van der Waals surface area contributed by atoms with Crippen LogP contribution >= 0.6 is 0 Å². The molecule has 0 unspecified atom stereocenters. The van der Waals surface area contributed by atoms with Gasteiger partial charge in [-0.1, -0.05) is 57.6 Å². The van der Waals surface area contributed by atoms with Crippen LogP contribution in [-0.2, 0) is 16.0 Å². The molecule has 0 saturated carbocycles. The zero-order valence-electron chi connectivity index (χ0n) is 21.2. The van der Waals surface area contributed by atoms with E-state index in [1.807, 2.05) is 6.92 Å². The van der Waals surface area contributed by atoms with Gasteiger partial charge in [-0.25, -0.2) is 0 Å². The Morgan fingerprint density at radius 1 is 0.853 bits per heavy atom. The first-order valence-electron chi connectivity index (χ1n) is 13.3. The monoisotopic (exact) mass is 476 g/mol. The number of hydrogen-bond donors (Lipinski definition) is 5. The number of carbonyl (C=O) groups is 2. The number of rotatable bonds is 21. The summed E-state index contributed by atoms with van der Waals surface area (Å²) >= 11 is 0. The highest BCUT2D eigenvalue weighted by Gasteiger charge is 2.20. The molecular weight excluding hydrogens is 428 g/mol. The van der Waals surface area contributed by atoms with E-state index in [1.54, 1.807) is 24.3 Å². The highest BCUT2D eigenvalue weighted by Crippen LogP contribution is 2.12. The maximum Gasteiger partial charge on any atom is 0.242 e. The van der Waals surface area contributed by atoms with Crippen LogP contribution in [0.15, 0.2) is 24.3 Å². The molecule has 0 heterocycles. The van der Waals surface area contributed by atoms with E-state index in [9.17, 15) is 14.7 Å². The SMILES string of the molecule is CCCC(=O)N[C@@H](Cc1ccc(O)cc1)C(=O)NCCCCCCCCNCCCCCCN. The molecule has 7 heteroatoms. The molecule has 194 valence electrons. The van der Waals surface area contributed by atoms with Crippen molar-refractivity contribution in [2.75, 3.05) is 26.2 Å². The van der Waals surface area contributed by atoms with Crippen molar-refractivity contribution in [1.29, 1.82) is 0 Å². The van der Waals surface area contributed by atoms with Gasteiger partial charge in [0.1, 0.15) is 11.8 Å². The number of nitrogens with two attached hydrogens (primary N) is 1. The van der Waals surface area contributed by atoms with E-state index >= 15 is 0 Å². The second-order valence-electron chi connectivity index (χ2n) is 9.11. The number of hydrogen-bond acceptors (Lipinski definition) is 5. The first-order valence-corrected chi connectivity index (χ1v) is 13.3. The smallest absolute Gasteiger partial charge is 0.242 e. The van der Waals surface area contributed by atoms with E-state index < -0.39 is 6.04 Å². The van der Waals surface area contributed by atoms with Gasteiger partial charge in [-0.15, -0.1) is 0 Å². The zero-order chi connectivity index (χ0) is 24.9. The van der Waals surface area contributed by atoms with Gasteiger partial charge >= 0.3 is 0 Å². The Kier molecular flexibility index (Phi) is 17.8. The fourth-order valence-corrected chi connectivity index (χ4v) is 3.86. The summed E-state index contributed by atoms with van der Waals surface area (Å²) in [5, 5.41) is 18.8. The molecule has 0 aliphatic heterocycles. The molecule has 1 aromatic carbocycles. The summed E-state index contributed by atoms with van der Waals surface area (Å²) in [6.07, 6.45) is 13.3. The third kappa shape index (κ3) is 15.7. The van der Waals surface area contributed by atoms with Crippen LogP contribution < -0.4 is 21.7 Å². The summed E-state index contributed by atoms with van der Waals surface area (Å²) in [5.41, 5.74) is 6.40. The summed E-state index contributed by atoms with van der Waals surface area (Å²) in [6, 6.07) is 6.15. The van der Waals surface area contributed by atoms with E-state index in [0.29, 0.717) is 19.4 Å². The van der Waals surface area contributed by atoms with Gasteiger partial charge in [-0.2, -0.15) is 0 Å². The molecule has 0 spiro atoms. The van der Waals surface area contributed by atoms with Gasteiger partial charge in [0, 0.05) is 19.4 Å². The van der Waals surface area contributed by atoms with Gasteiger partial charge in [0.2, 0.25) is 11.8 Å². The Hall–Kier alpha value is -2.12. The van der Waals surface area contributed by atoms with Gasteiger partial charge in [-0.3, -0.25) is 9.59 Å². The number of carbonyl (C=O) groups excluding carboxylic acids is 2. The molecule has 2 amide bonds. The summed E-state index contributed by atoms with van der Waals surface area (Å²) in [4.78, 5) is 24.8. The van der Waals surface area contributed by atoms with E-state index in [0.717, 1.165) is 50.9 Å². The van der Waals surface area contributed by atoms with Crippen molar-refractivity contribution in [1.82, 2.24) is 16.0 Å². The van der Waals surface area contributed by atoms with Crippen molar-refractivity contribution in [2.45, 2.75) is 96.4 Å². The molecule has 1 aromatic rings. The van der Waals surface area contributed by atoms with E-state index in [4.69, 9.17) is 5.73 Å². The first-order chi connectivity index (χ1) is 16.6. The summed E-state index contributed by atoms with van der Waals surface area (Å²) in [5.74, 6) is -0.0702. The molecule has 7 nitrogen and oxygen atoms in total. The largest absolute Gasteiger partial charge is 0.508 e. The van der Waals surface area contributed by atoms with Crippen LogP contribution in [0.5, 0.6) is 5.75 Å². The van der Waals surface area contributed by atoms with Crippen LogP contribution in [0.4, 0.5) is 0 Å². The lowest BCUT2D eigenvalue weighted by Gasteiger charge is -2.19. The lowest BCUT2D eigenvalue weighted by atomic mass is 10.0. The standard InChI is InChI=1S/C27H48N4O3/c1-2-13-26(33)31-25(22-23-14-16-24(32)17-15-23)27(34)30-21-12-7-4-3-6-10-19-29-20-11-8-5-9-18-28/h14-17,25,29,32H,2-13,18-22,28H2,1H3,(H,30,34)(H,31,33)/t25-/m0/s1. The number of phenolic OH excluding ortho intramolecular Hbond substituents is 1. The number of phenols is 1. The molecule has 0 aromatic heterocycles. The van der Waals surface area contributed by atoms with Crippen LogP contribution in [0.2, 0.25) is 0 Å². The molecule has 0 bridgehead atoms. The Morgan fingerprint density at radius 2 is 1.41 bits per heavy atom. The Morgan fingerprint density at radius 3 is 2.00 bits per heavy atom. The second kappa shape index (κ2) is 20.3. The van der Waals surface area contributed by atoms with Crippen LogP contribution in [0, 0.1) is 0 Å². The van der Waals surface area contributed by atoms with Crippen molar-refractivity contribution in [3.63, 3.8) is 0 Å². The van der Waals surface area contributed by atoms with E-state index in [1.165, 1.54) is 44.9 Å². The van der Waals surface area contributed by atoms with E-state index in [-0.39, 0.29) is 17.6 Å². The minimum Gasteiger partial charge on any atom is -0.508 e. The average Bonchev–Trinajstić information content (AvgIpc) is 2.82. The molecule has 1 rings (SSSR count). The Labute approximate surface area is 206 Å².